The van der Waals surface area contributed by atoms with Crippen LogP contribution in [0.15, 0.2) is 17.5 Å². The van der Waals surface area contributed by atoms with Crippen LogP contribution >= 0.6 is 11.3 Å². The summed E-state index contributed by atoms with van der Waals surface area (Å²) >= 11 is 1.71. The molecule has 0 radical (unpaired) electrons. The molecule has 84 valence electrons. The van der Waals surface area contributed by atoms with Crippen LogP contribution < -0.4 is 5.73 Å². The molecule has 0 aliphatic carbocycles. The molecule has 1 aromatic rings. The first kappa shape index (κ1) is 12.4. The van der Waals surface area contributed by atoms with Crippen molar-refractivity contribution in [3.63, 3.8) is 0 Å². The van der Waals surface area contributed by atoms with Gasteiger partial charge in [-0.3, -0.25) is 4.79 Å². The summed E-state index contributed by atoms with van der Waals surface area (Å²) in [5.41, 5.74) is 5.85. The molecule has 0 aliphatic heterocycles. The van der Waals surface area contributed by atoms with Crippen molar-refractivity contribution in [2.75, 3.05) is 0 Å². The zero-order valence-electron chi connectivity index (χ0n) is 9.40. The monoisotopic (exact) mass is 225 g/mol. The Balaban J connectivity index is 2.25. The Kier molecular flexibility index (Phi) is 4.99. The van der Waals surface area contributed by atoms with Crippen LogP contribution in [0.25, 0.3) is 0 Å². The predicted octanol–water partition coefficient (Wildman–Crippen LogP) is 2.62. The molecule has 0 aromatic carbocycles. The van der Waals surface area contributed by atoms with Gasteiger partial charge in [0.25, 0.3) is 0 Å². The quantitative estimate of drug-likeness (QED) is 0.808. The van der Waals surface area contributed by atoms with Gasteiger partial charge in [0.2, 0.25) is 0 Å². The summed E-state index contributed by atoms with van der Waals surface area (Å²) in [5, 5.41) is 2.04. The summed E-state index contributed by atoms with van der Waals surface area (Å²) < 4.78 is 0. The van der Waals surface area contributed by atoms with Crippen LogP contribution in [0.1, 0.15) is 31.6 Å². The molecule has 0 fully saturated rings. The fraction of sp³-hybridized carbons (Fsp3) is 0.583. The zero-order valence-corrected chi connectivity index (χ0v) is 10.2. The first-order valence-electron chi connectivity index (χ1n) is 5.39. The number of carbonyl (C=O) groups is 1. The third-order valence-electron chi connectivity index (χ3n) is 2.55. The average Bonchev–Trinajstić information content (AvgIpc) is 2.66. The van der Waals surface area contributed by atoms with E-state index in [9.17, 15) is 4.79 Å². The third kappa shape index (κ3) is 4.58. The lowest BCUT2D eigenvalue weighted by molar-refractivity contribution is -0.119. The van der Waals surface area contributed by atoms with Crippen LogP contribution in [0.4, 0.5) is 0 Å². The molecule has 0 saturated heterocycles. The van der Waals surface area contributed by atoms with E-state index < -0.39 is 0 Å². The van der Waals surface area contributed by atoms with Gasteiger partial charge < -0.3 is 5.73 Å². The van der Waals surface area contributed by atoms with Crippen molar-refractivity contribution in [3.05, 3.63) is 22.4 Å². The second-order valence-electron chi connectivity index (χ2n) is 4.23. The number of ketones is 1. The molecule has 1 unspecified atom stereocenters. The lowest BCUT2D eigenvalue weighted by atomic mass is 9.98. The number of nitrogens with two attached hydrogens (primary N) is 1. The Morgan fingerprint density at radius 1 is 1.53 bits per heavy atom. The van der Waals surface area contributed by atoms with E-state index in [1.165, 1.54) is 4.88 Å². The third-order valence-corrected chi connectivity index (χ3v) is 3.49. The highest BCUT2D eigenvalue weighted by Gasteiger charge is 2.12. The number of carbonyl (C=O) groups excluding carboxylic acids is 1. The van der Waals surface area contributed by atoms with Crippen LogP contribution in [0.5, 0.6) is 0 Å². The van der Waals surface area contributed by atoms with Gasteiger partial charge in [0.05, 0.1) is 0 Å². The summed E-state index contributed by atoms with van der Waals surface area (Å²) in [6.07, 6.45) is 2.01. The molecule has 1 rings (SSSR count). The van der Waals surface area contributed by atoms with Gasteiger partial charge in [0.15, 0.2) is 0 Å². The van der Waals surface area contributed by atoms with E-state index in [1.54, 1.807) is 11.3 Å². The van der Waals surface area contributed by atoms with E-state index in [0.29, 0.717) is 18.8 Å². The minimum atomic E-state index is 0.0147. The standard InChI is InChI=1S/C12H19NOS/c1-9(2)12(13)8-10(14)5-6-11-4-3-7-15-11/h3-4,7,9,12H,5-6,8,13H2,1-2H3. The molecule has 2 N–H and O–H groups in total. The minimum Gasteiger partial charge on any atom is -0.327 e. The van der Waals surface area contributed by atoms with Crippen molar-refractivity contribution in [2.45, 2.75) is 39.2 Å². The van der Waals surface area contributed by atoms with Crippen molar-refractivity contribution in [2.24, 2.45) is 11.7 Å². The van der Waals surface area contributed by atoms with E-state index in [4.69, 9.17) is 5.73 Å². The van der Waals surface area contributed by atoms with Gasteiger partial charge in [-0.15, -0.1) is 11.3 Å². The summed E-state index contributed by atoms with van der Waals surface area (Å²) in [4.78, 5) is 12.9. The summed E-state index contributed by atoms with van der Waals surface area (Å²) in [6, 6.07) is 4.10. The Morgan fingerprint density at radius 3 is 2.80 bits per heavy atom. The van der Waals surface area contributed by atoms with Crippen LogP contribution in [0.3, 0.4) is 0 Å². The SMILES string of the molecule is CC(C)C(N)CC(=O)CCc1cccs1. The number of Topliss-reactive ketones (excluding diaryl/α,β-unsaturated/α-hetero) is 1. The lowest BCUT2D eigenvalue weighted by Crippen LogP contribution is -2.29. The number of hydrogen-bond donors (Lipinski definition) is 1. The van der Waals surface area contributed by atoms with Gasteiger partial charge in [0.1, 0.15) is 5.78 Å². The van der Waals surface area contributed by atoms with Crippen molar-refractivity contribution in [3.8, 4) is 0 Å². The van der Waals surface area contributed by atoms with E-state index >= 15 is 0 Å². The Bertz CT molecular complexity index is 293. The second-order valence-corrected chi connectivity index (χ2v) is 5.26. The number of aryl methyl sites for hydroxylation is 1. The molecular weight excluding hydrogens is 206 g/mol. The molecule has 1 heterocycles. The topological polar surface area (TPSA) is 43.1 Å². The summed E-state index contributed by atoms with van der Waals surface area (Å²) in [6.45, 7) is 4.11. The zero-order chi connectivity index (χ0) is 11.3. The molecule has 0 aliphatic rings. The normalized spacial score (nSPS) is 13.1. The molecular formula is C12H19NOS. The maximum Gasteiger partial charge on any atom is 0.134 e. The molecule has 1 atom stereocenters. The van der Waals surface area contributed by atoms with Gasteiger partial charge >= 0.3 is 0 Å². The van der Waals surface area contributed by atoms with Crippen LogP contribution in [0, 0.1) is 5.92 Å². The maximum absolute atomic E-state index is 11.6. The van der Waals surface area contributed by atoms with Crippen LogP contribution in [0.2, 0.25) is 0 Å². The van der Waals surface area contributed by atoms with Crippen LogP contribution in [-0.2, 0) is 11.2 Å². The smallest absolute Gasteiger partial charge is 0.134 e. The van der Waals surface area contributed by atoms with E-state index in [1.807, 2.05) is 11.4 Å². The van der Waals surface area contributed by atoms with Crippen molar-refractivity contribution >= 4 is 17.1 Å². The largest absolute Gasteiger partial charge is 0.327 e. The number of hydrogen-bond acceptors (Lipinski definition) is 3. The van der Waals surface area contributed by atoms with E-state index in [-0.39, 0.29) is 11.8 Å². The number of rotatable bonds is 6. The minimum absolute atomic E-state index is 0.0147. The molecule has 0 saturated carbocycles. The summed E-state index contributed by atoms with van der Waals surface area (Å²) in [7, 11) is 0. The van der Waals surface area contributed by atoms with Crippen molar-refractivity contribution in [1.29, 1.82) is 0 Å². The highest BCUT2D eigenvalue weighted by atomic mass is 32.1. The molecule has 1 aromatic heterocycles. The van der Waals surface area contributed by atoms with Gasteiger partial charge in [-0.05, 0) is 23.8 Å². The fourth-order valence-electron chi connectivity index (χ4n) is 1.32. The predicted molar refractivity (Wildman–Crippen MR) is 65.1 cm³/mol. The maximum atomic E-state index is 11.6. The van der Waals surface area contributed by atoms with Crippen molar-refractivity contribution < 1.29 is 4.79 Å². The highest BCUT2D eigenvalue weighted by molar-refractivity contribution is 7.09. The Labute approximate surface area is 95.5 Å². The van der Waals surface area contributed by atoms with Gasteiger partial charge in [-0.25, -0.2) is 0 Å². The molecule has 0 amide bonds. The molecule has 0 spiro atoms. The molecule has 0 bridgehead atoms. The molecule has 2 nitrogen and oxygen atoms in total. The lowest BCUT2D eigenvalue weighted by Gasteiger charge is -2.13. The van der Waals surface area contributed by atoms with Gasteiger partial charge in [0, 0.05) is 23.8 Å². The first-order valence-corrected chi connectivity index (χ1v) is 6.27. The van der Waals surface area contributed by atoms with Crippen molar-refractivity contribution in [1.82, 2.24) is 0 Å². The second kappa shape index (κ2) is 6.03. The Morgan fingerprint density at radius 2 is 2.27 bits per heavy atom. The van der Waals surface area contributed by atoms with Gasteiger partial charge in [-0.1, -0.05) is 19.9 Å². The summed E-state index contributed by atoms with van der Waals surface area (Å²) in [5.74, 6) is 0.667. The highest BCUT2D eigenvalue weighted by Crippen LogP contribution is 2.12. The number of thiophene rings is 1. The van der Waals surface area contributed by atoms with Gasteiger partial charge in [-0.2, -0.15) is 0 Å². The molecule has 15 heavy (non-hydrogen) atoms. The van der Waals surface area contributed by atoms with E-state index in [2.05, 4.69) is 19.9 Å². The van der Waals surface area contributed by atoms with Crippen LogP contribution in [-0.4, -0.2) is 11.8 Å². The molecule has 3 heteroatoms. The average molecular weight is 225 g/mol. The Hall–Kier alpha value is -0.670. The fourth-order valence-corrected chi connectivity index (χ4v) is 2.03. The van der Waals surface area contributed by atoms with E-state index in [0.717, 1.165) is 6.42 Å². The first-order chi connectivity index (χ1) is 7.09.